The van der Waals surface area contributed by atoms with Crippen molar-refractivity contribution in [2.45, 2.75) is 64.7 Å². The van der Waals surface area contributed by atoms with E-state index in [2.05, 4.69) is 270 Å². The first-order chi connectivity index (χ1) is 38.9. The monoisotopic (exact) mass is 1030 g/mol. The van der Waals surface area contributed by atoms with Gasteiger partial charge in [-0.3, -0.25) is 0 Å². The van der Waals surface area contributed by atoms with Crippen molar-refractivity contribution in [2.24, 2.45) is 0 Å². The zero-order valence-corrected chi connectivity index (χ0v) is 45.9. The second-order valence-electron chi connectivity index (χ2n) is 24.4. The van der Waals surface area contributed by atoms with Crippen LogP contribution in [-0.2, 0) is 16.2 Å². The number of furan rings is 2. The van der Waals surface area contributed by atoms with Crippen molar-refractivity contribution in [2.75, 3.05) is 4.90 Å². The molecule has 0 unspecified atom stereocenters. The molecule has 11 aromatic carbocycles. The van der Waals surface area contributed by atoms with Crippen LogP contribution >= 0.6 is 0 Å². The molecular formula is C76H56N2O2. The number of para-hydroxylation sites is 5. The number of nitrogens with zero attached hydrogens (tertiary/aromatic N) is 2. The highest BCUT2D eigenvalue weighted by Gasteiger charge is 2.49. The minimum absolute atomic E-state index is 0.236. The number of hydrogen-bond acceptors (Lipinski definition) is 3. The molecule has 4 heteroatoms. The Bertz CT molecular complexity index is 5050. The molecule has 3 heterocycles. The summed E-state index contributed by atoms with van der Waals surface area (Å²) in [6.07, 6.45) is 0. The minimum atomic E-state index is -0.368. The van der Waals surface area contributed by atoms with Gasteiger partial charge in [-0.15, -0.1) is 0 Å². The van der Waals surface area contributed by atoms with Crippen molar-refractivity contribution in [3.63, 3.8) is 0 Å². The number of aryl methyl sites for hydroxylation is 1. The fraction of sp³-hybridized carbons (Fsp3) is 0.132. The molecule has 0 bridgehead atoms. The molecule has 0 atom stereocenters. The molecule has 0 N–H and O–H groups in total. The summed E-state index contributed by atoms with van der Waals surface area (Å²) in [5, 5.41) is 7.16. The maximum atomic E-state index is 7.07. The Morgan fingerprint density at radius 2 is 0.925 bits per heavy atom. The molecule has 0 aliphatic heterocycles. The van der Waals surface area contributed by atoms with E-state index < -0.39 is 0 Å². The summed E-state index contributed by atoms with van der Waals surface area (Å²) in [6.45, 7) is 16.8. The van der Waals surface area contributed by atoms with Crippen LogP contribution in [0, 0.1) is 6.92 Å². The van der Waals surface area contributed by atoms with E-state index in [-0.39, 0.29) is 16.2 Å². The van der Waals surface area contributed by atoms with E-state index in [1.165, 1.54) is 110 Å². The summed E-state index contributed by atoms with van der Waals surface area (Å²) in [5.41, 5.74) is 28.9. The van der Waals surface area contributed by atoms with Crippen LogP contribution in [0.5, 0.6) is 0 Å². The van der Waals surface area contributed by atoms with Crippen LogP contribution in [0.2, 0.25) is 0 Å². The second-order valence-corrected chi connectivity index (χ2v) is 24.4. The average Bonchev–Trinajstić information content (AvgIpc) is 3.26. The highest BCUT2D eigenvalue weighted by Crippen LogP contribution is 2.64. The largest absolute Gasteiger partial charge is 0.455 e. The Hall–Kier alpha value is -9.38. The van der Waals surface area contributed by atoms with Gasteiger partial charge in [-0.25, -0.2) is 0 Å². The van der Waals surface area contributed by atoms with Gasteiger partial charge in [0.05, 0.1) is 11.0 Å². The molecule has 0 spiro atoms. The predicted molar refractivity (Wildman–Crippen MR) is 333 cm³/mol. The van der Waals surface area contributed by atoms with Crippen LogP contribution in [0.1, 0.15) is 80.5 Å². The number of benzene rings is 11. The van der Waals surface area contributed by atoms with E-state index in [9.17, 15) is 0 Å². The SMILES string of the molecule is Cc1ccccc1N(c1ccc2c(c1)C(C)(C)c1cc(-c3ccc4c5ccccc5n(-c5ccccc5)c4c3)c3oc4ccccc4c3c1-2)c1ccc2c(c1)C(C)(C)c1c3c(c4oc5ccccc5c4c1-2)-c1ccccc1C3(C)C. The molecular weight excluding hydrogens is 973 g/mol. The quantitative estimate of drug-likeness (QED) is 0.172. The van der Waals surface area contributed by atoms with Gasteiger partial charge in [-0.1, -0.05) is 181 Å². The lowest BCUT2D eigenvalue weighted by Gasteiger charge is -2.32. The highest BCUT2D eigenvalue weighted by atomic mass is 16.3. The van der Waals surface area contributed by atoms with Gasteiger partial charge in [0, 0.05) is 82.4 Å². The Morgan fingerprint density at radius 3 is 1.66 bits per heavy atom. The van der Waals surface area contributed by atoms with Crippen molar-refractivity contribution < 1.29 is 8.83 Å². The molecule has 0 amide bonds. The number of aromatic nitrogens is 1. The number of fused-ring (bicyclic) bond motifs is 22. The van der Waals surface area contributed by atoms with Gasteiger partial charge in [0.15, 0.2) is 0 Å². The average molecular weight is 1030 g/mol. The normalized spacial score (nSPS) is 15.0. The molecule has 3 aromatic heterocycles. The summed E-state index contributed by atoms with van der Waals surface area (Å²) in [5.74, 6) is 0. The molecule has 3 aliphatic rings. The lowest BCUT2D eigenvalue weighted by atomic mass is 9.72. The Morgan fingerprint density at radius 1 is 0.375 bits per heavy atom. The first-order valence-corrected chi connectivity index (χ1v) is 28.2. The summed E-state index contributed by atoms with van der Waals surface area (Å²) in [4.78, 5) is 2.51. The molecule has 0 fully saturated rings. The molecule has 0 saturated heterocycles. The van der Waals surface area contributed by atoms with Gasteiger partial charge < -0.3 is 18.3 Å². The van der Waals surface area contributed by atoms with Crippen LogP contribution in [0.3, 0.4) is 0 Å². The third kappa shape index (κ3) is 5.80. The summed E-state index contributed by atoms with van der Waals surface area (Å²) in [6, 6.07) is 78.6. The first kappa shape index (κ1) is 45.6. The summed E-state index contributed by atoms with van der Waals surface area (Å²) < 4.78 is 16.5. The molecule has 0 radical (unpaired) electrons. The van der Waals surface area contributed by atoms with Gasteiger partial charge in [-0.05, 0) is 152 Å². The van der Waals surface area contributed by atoms with Crippen LogP contribution < -0.4 is 4.90 Å². The molecule has 382 valence electrons. The van der Waals surface area contributed by atoms with Gasteiger partial charge in [0.1, 0.15) is 22.3 Å². The zero-order chi connectivity index (χ0) is 53.7. The van der Waals surface area contributed by atoms with E-state index in [0.29, 0.717) is 0 Å². The Balaban J connectivity index is 0.859. The predicted octanol–water partition coefficient (Wildman–Crippen LogP) is 20.9. The number of hydrogen-bond donors (Lipinski definition) is 0. The van der Waals surface area contributed by atoms with Crippen LogP contribution in [-0.4, -0.2) is 4.57 Å². The number of anilines is 3. The maximum absolute atomic E-state index is 7.07. The van der Waals surface area contributed by atoms with E-state index in [1.807, 2.05) is 0 Å². The third-order valence-electron chi connectivity index (χ3n) is 19.0. The minimum Gasteiger partial charge on any atom is -0.455 e. The van der Waals surface area contributed by atoms with Crippen molar-refractivity contribution >= 4 is 82.7 Å². The van der Waals surface area contributed by atoms with Crippen molar-refractivity contribution in [1.82, 2.24) is 4.57 Å². The van der Waals surface area contributed by atoms with E-state index >= 15 is 0 Å². The maximum Gasteiger partial charge on any atom is 0.144 e. The second kappa shape index (κ2) is 15.7. The lowest BCUT2D eigenvalue weighted by molar-refractivity contribution is 0.600. The molecule has 0 saturated carbocycles. The fourth-order valence-corrected chi connectivity index (χ4v) is 15.3. The number of rotatable bonds is 5. The smallest absolute Gasteiger partial charge is 0.144 e. The molecule has 17 rings (SSSR count). The summed E-state index contributed by atoms with van der Waals surface area (Å²) in [7, 11) is 0. The topological polar surface area (TPSA) is 34.5 Å². The van der Waals surface area contributed by atoms with Gasteiger partial charge in [0.25, 0.3) is 0 Å². The van der Waals surface area contributed by atoms with Crippen LogP contribution in [0.4, 0.5) is 17.1 Å². The van der Waals surface area contributed by atoms with Gasteiger partial charge in [0.2, 0.25) is 0 Å². The summed E-state index contributed by atoms with van der Waals surface area (Å²) >= 11 is 0. The van der Waals surface area contributed by atoms with Crippen LogP contribution in [0.25, 0.3) is 116 Å². The third-order valence-corrected chi connectivity index (χ3v) is 19.0. The zero-order valence-electron chi connectivity index (χ0n) is 45.9. The van der Waals surface area contributed by atoms with Crippen molar-refractivity contribution in [3.05, 3.63) is 251 Å². The standard InChI is InChI=1S/C76H56N2O2/c1-43-21-11-17-29-60(43)77(47-35-38-52-58(41-47)76(6,7)70-66(52)68-54-27-15-20-32-64(54)80-73(68)69-50-25-12-16-28-56(50)75(4,5)71(69)70)46-34-37-51-57(40-46)74(2,3)59-42-55(72-67(65(51)59)53-26-14-19-31-63(53)79-72)44-33-36-49-48-24-13-18-30-61(48)78(62(49)39-44)45-22-9-8-10-23-45/h8-42H,1-7H3. The van der Waals surface area contributed by atoms with Gasteiger partial charge >= 0.3 is 0 Å². The molecule has 3 aliphatic carbocycles. The van der Waals surface area contributed by atoms with Crippen LogP contribution in [0.15, 0.2) is 221 Å². The lowest BCUT2D eigenvalue weighted by Crippen LogP contribution is -2.24. The van der Waals surface area contributed by atoms with E-state index in [4.69, 9.17) is 8.83 Å². The molecule has 4 nitrogen and oxygen atoms in total. The first-order valence-electron chi connectivity index (χ1n) is 28.2. The molecule has 80 heavy (non-hydrogen) atoms. The van der Waals surface area contributed by atoms with Crippen molar-refractivity contribution in [1.29, 1.82) is 0 Å². The highest BCUT2D eigenvalue weighted by molar-refractivity contribution is 6.22. The fourth-order valence-electron chi connectivity index (χ4n) is 15.3. The molecule has 14 aromatic rings. The Kier molecular flexibility index (Phi) is 8.94. The van der Waals surface area contributed by atoms with Crippen molar-refractivity contribution in [3.8, 4) is 50.2 Å². The Labute approximate surface area is 464 Å². The van der Waals surface area contributed by atoms with E-state index in [0.717, 1.165) is 61.6 Å². The van der Waals surface area contributed by atoms with E-state index in [1.54, 1.807) is 0 Å². The van der Waals surface area contributed by atoms with Gasteiger partial charge in [-0.2, -0.15) is 0 Å².